The van der Waals surface area contributed by atoms with E-state index >= 15 is 0 Å². The number of aromatic nitrogens is 2. The minimum atomic E-state index is 0.970. The lowest BCUT2D eigenvalue weighted by atomic mass is 10.3. The first-order valence-corrected chi connectivity index (χ1v) is 2.91. The highest BCUT2D eigenvalue weighted by Crippen LogP contribution is 1.99. The highest BCUT2D eigenvalue weighted by atomic mass is 14.8. The van der Waals surface area contributed by atoms with Gasteiger partial charge in [-0.15, -0.1) is 0 Å². The fraction of sp³-hybridized carbons (Fsp3) is 0.286. The molecular formula is C7H9N2. The molecule has 0 bridgehead atoms. The maximum absolute atomic E-state index is 4.08. The zero-order valence-electron chi connectivity index (χ0n) is 5.63. The molecule has 9 heavy (non-hydrogen) atoms. The van der Waals surface area contributed by atoms with Crippen LogP contribution in [0.25, 0.3) is 0 Å². The monoisotopic (exact) mass is 121 g/mol. The summed E-state index contributed by atoms with van der Waals surface area (Å²) in [7, 11) is 0. The largest absolute Gasteiger partial charge is 0.258 e. The molecule has 0 atom stereocenters. The smallest absolute Gasteiger partial charge is 0.0650 e. The van der Waals surface area contributed by atoms with Crippen LogP contribution in [0.4, 0.5) is 0 Å². The van der Waals surface area contributed by atoms with Crippen molar-refractivity contribution >= 4 is 0 Å². The summed E-state index contributed by atoms with van der Waals surface area (Å²) >= 11 is 0. The molecule has 0 saturated carbocycles. The minimum absolute atomic E-state index is 0.970. The van der Waals surface area contributed by atoms with E-state index in [1.807, 2.05) is 20.3 Å². The van der Waals surface area contributed by atoms with Crippen molar-refractivity contribution in [3.8, 4) is 0 Å². The van der Waals surface area contributed by atoms with Gasteiger partial charge in [0.25, 0.3) is 0 Å². The Morgan fingerprint density at radius 3 is 2.44 bits per heavy atom. The van der Waals surface area contributed by atoms with Crippen LogP contribution in [0, 0.1) is 13.3 Å². The zero-order valence-corrected chi connectivity index (χ0v) is 5.63. The van der Waals surface area contributed by atoms with Gasteiger partial charge in [0, 0.05) is 18.8 Å². The second kappa shape index (κ2) is 2.58. The molecule has 0 amide bonds. The van der Waals surface area contributed by atoms with E-state index < -0.39 is 0 Å². The van der Waals surface area contributed by atoms with Gasteiger partial charge >= 0.3 is 0 Å². The van der Waals surface area contributed by atoms with Crippen LogP contribution >= 0.6 is 0 Å². The van der Waals surface area contributed by atoms with Crippen LogP contribution in [0.15, 0.2) is 12.4 Å². The molecule has 0 N–H and O–H groups in total. The number of hydrogen-bond acceptors (Lipinski definition) is 2. The summed E-state index contributed by atoms with van der Waals surface area (Å²) in [5.41, 5.74) is 1.96. The maximum Gasteiger partial charge on any atom is 0.0650 e. The molecule has 1 heterocycles. The van der Waals surface area contributed by atoms with Gasteiger partial charge in [-0.2, -0.15) is 0 Å². The Hall–Kier alpha value is -0.920. The molecule has 47 valence electrons. The standard InChI is InChI=1S/C7H9N2/c1-3-7-6(2)8-4-5-9-7/h3-5H,1-2H3. The predicted octanol–water partition coefficient (Wildman–Crippen LogP) is 1.36. The Morgan fingerprint density at radius 2 is 2.00 bits per heavy atom. The normalized spacial score (nSPS) is 9.56. The van der Waals surface area contributed by atoms with Crippen LogP contribution in [-0.2, 0) is 0 Å². The lowest BCUT2D eigenvalue weighted by Gasteiger charge is -1.95. The fourth-order valence-corrected chi connectivity index (χ4v) is 0.702. The number of rotatable bonds is 1. The van der Waals surface area contributed by atoms with Crippen molar-refractivity contribution < 1.29 is 0 Å². The highest BCUT2D eigenvalue weighted by Gasteiger charge is 1.93. The molecule has 0 fully saturated rings. The van der Waals surface area contributed by atoms with Crippen molar-refractivity contribution in [1.29, 1.82) is 0 Å². The van der Waals surface area contributed by atoms with Crippen LogP contribution < -0.4 is 0 Å². The number of hydrogen-bond donors (Lipinski definition) is 0. The van der Waals surface area contributed by atoms with Crippen molar-refractivity contribution in [3.05, 3.63) is 30.2 Å². The van der Waals surface area contributed by atoms with E-state index in [4.69, 9.17) is 0 Å². The first-order chi connectivity index (χ1) is 4.34. The Kier molecular flexibility index (Phi) is 1.78. The van der Waals surface area contributed by atoms with Crippen LogP contribution in [0.2, 0.25) is 0 Å². The summed E-state index contributed by atoms with van der Waals surface area (Å²) in [6, 6.07) is 0. The van der Waals surface area contributed by atoms with Crippen LogP contribution in [-0.4, -0.2) is 9.97 Å². The zero-order chi connectivity index (χ0) is 6.69. The third kappa shape index (κ3) is 1.25. The average molecular weight is 121 g/mol. The highest BCUT2D eigenvalue weighted by molar-refractivity contribution is 5.15. The summed E-state index contributed by atoms with van der Waals surface area (Å²) in [6.45, 7) is 3.90. The molecule has 1 rings (SSSR count). The number of nitrogens with zero attached hydrogens (tertiary/aromatic N) is 2. The van der Waals surface area contributed by atoms with Gasteiger partial charge in [-0.3, -0.25) is 9.97 Å². The molecule has 1 aromatic rings. The van der Waals surface area contributed by atoms with Gasteiger partial charge in [-0.05, 0) is 6.92 Å². The van der Waals surface area contributed by atoms with Crippen LogP contribution in [0.3, 0.4) is 0 Å². The van der Waals surface area contributed by atoms with Crippen molar-refractivity contribution in [2.24, 2.45) is 0 Å². The lowest BCUT2D eigenvalue weighted by molar-refractivity contribution is 1.05. The van der Waals surface area contributed by atoms with Crippen molar-refractivity contribution in [3.63, 3.8) is 0 Å². The SMILES string of the molecule is C[CH]c1nccnc1C. The van der Waals surface area contributed by atoms with Gasteiger partial charge in [0.2, 0.25) is 0 Å². The molecule has 0 unspecified atom stereocenters. The van der Waals surface area contributed by atoms with Crippen molar-refractivity contribution in [1.82, 2.24) is 9.97 Å². The Morgan fingerprint density at radius 1 is 1.33 bits per heavy atom. The summed E-state index contributed by atoms with van der Waals surface area (Å²) in [5.74, 6) is 0. The molecule has 0 saturated heterocycles. The van der Waals surface area contributed by atoms with E-state index in [1.165, 1.54) is 0 Å². The van der Waals surface area contributed by atoms with E-state index in [0.717, 1.165) is 11.4 Å². The van der Waals surface area contributed by atoms with E-state index in [9.17, 15) is 0 Å². The van der Waals surface area contributed by atoms with Gasteiger partial charge in [-0.25, -0.2) is 0 Å². The van der Waals surface area contributed by atoms with E-state index in [2.05, 4.69) is 9.97 Å². The molecule has 0 spiro atoms. The third-order valence-electron chi connectivity index (χ3n) is 1.19. The molecule has 0 aliphatic heterocycles. The molecule has 0 aliphatic carbocycles. The van der Waals surface area contributed by atoms with Gasteiger partial charge in [0.05, 0.1) is 11.4 Å². The maximum atomic E-state index is 4.08. The molecule has 2 nitrogen and oxygen atoms in total. The Balaban J connectivity index is 3.01. The van der Waals surface area contributed by atoms with E-state index in [1.54, 1.807) is 12.4 Å². The number of aryl methyl sites for hydroxylation is 1. The molecule has 0 aromatic carbocycles. The molecule has 1 radical (unpaired) electrons. The first-order valence-electron chi connectivity index (χ1n) is 2.91. The van der Waals surface area contributed by atoms with E-state index in [-0.39, 0.29) is 0 Å². The van der Waals surface area contributed by atoms with Crippen molar-refractivity contribution in [2.45, 2.75) is 13.8 Å². The van der Waals surface area contributed by atoms with Gasteiger partial charge in [-0.1, -0.05) is 6.92 Å². The Labute approximate surface area is 55.0 Å². The first kappa shape index (κ1) is 6.20. The summed E-state index contributed by atoms with van der Waals surface area (Å²) in [4.78, 5) is 8.13. The second-order valence-electron chi connectivity index (χ2n) is 1.82. The van der Waals surface area contributed by atoms with E-state index in [0.29, 0.717) is 0 Å². The second-order valence-corrected chi connectivity index (χ2v) is 1.82. The molecule has 0 aliphatic rings. The van der Waals surface area contributed by atoms with Gasteiger partial charge in [0.15, 0.2) is 0 Å². The lowest BCUT2D eigenvalue weighted by Crippen LogP contribution is -1.90. The molecular weight excluding hydrogens is 112 g/mol. The predicted molar refractivity (Wildman–Crippen MR) is 35.8 cm³/mol. The third-order valence-corrected chi connectivity index (χ3v) is 1.19. The summed E-state index contributed by atoms with van der Waals surface area (Å²) in [6.07, 6.45) is 5.34. The van der Waals surface area contributed by atoms with Gasteiger partial charge < -0.3 is 0 Å². The van der Waals surface area contributed by atoms with Crippen LogP contribution in [0.1, 0.15) is 18.3 Å². The Bertz CT molecular complexity index is 196. The molecule has 1 aromatic heterocycles. The topological polar surface area (TPSA) is 25.8 Å². The van der Waals surface area contributed by atoms with Crippen molar-refractivity contribution in [2.75, 3.05) is 0 Å². The summed E-state index contributed by atoms with van der Waals surface area (Å²) in [5, 5.41) is 0. The average Bonchev–Trinajstić information content (AvgIpc) is 1.89. The molecule has 2 heteroatoms. The fourth-order valence-electron chi connectivity index (χ4n) is 0.702. The minimum Gasteiger partial charge on any atom is -0.258 e. The quantitative estimate of drug-likeness (QED) is 0.560. The van der Waals surface area contributed by atoms with Crippen LogP contribution in [0.5, 0.6) is 0 Å². The summed E-state index contributed by atoms with van der Waals surface area (Å²) < 4.78 is 0. The van der Waals surface area contributed by atoms with Gasteiger partial charge in [0.1, 0.15) is 0 Å².